The summed E-state index contributed by atoms with van der Waals surface area (Å²) in [6, 6.07) is 0. The van der Waals surface area contributed by atoms with Crippen molar-refractivity contribution in [3.63, 3.8) is 0 Å². The van der Waals surface area contributed by atoms with Gasteiger partial charge in [0, 0.05) is 6.42 Å². The highest BCUT2D eigenvalue weighted by molar-refractivity contribution is 5.69. The fourth-order valence-electron chi connectivity index (χ4n) is 0.523. The average molecular weight is 143 g/mol. The van der Waals surface area contributed by atoms with Crippen LogP contribution in [0.15, 0.2) is 0 Å². The highest BCUT2D eigenvalue weighted by Gasteiger charge is 1.96. The van der Waals surface area contributed by atoms with Gasteiger partial charge in [0.05, 0.1) is 0 Å². The Bertz CT molecular complexity index is 89.3. The van der Waals surface area contributed by atoms with Gasteiger partial charge in [-0.3, -0.25) is 4.79 Å². The Morgan fingerprint density at radius 3 is 2.70 bits per heavy atom. The highest BCUT2D eigenvalue weighted by atomic mass is 16.5. The van der Waals surface area contributed by atoms with Crippen LogP contribution < -0.4 is 0 Å². The van der Waals surface area contributed by atoms with E-state index in [2.05, 4.69) is 6.92 Å². The van der Waals surface area contributed by atoms with Gasteiger partial charge in [-0.1, -0.05) is 20.3 Å². The minimum atomic E-state index is -0.142. The number of carbonyl (C=O) groups is 1. The largest absolute Gasteiger partial charge is 0.458 e. The summed E-state index contributed by atoms with van der Waals surface area (Å²) in [5.41, 5.74) is 0. The summed E-state index contributed by atoms with van der Waals surface area (Å²) in [7, 11) is 0. The lowest BCUT2D eigenvalue weighted by Crippen LogP contribution is -1.99. The topological polar surface area (TPSA) is 26.3 Å². The highest BCUT2D eigenvalue weighted by Crippen LogP contribution is 1.99. The van der Waals surface area contributed by atoms with Crippen molar-refractivity contribution in [3.05, 3.63) is 6.61 Å². The standard InChI is InChI=1S/C8H15O2/c1-3-5-6-7-10-8(9)4-2/h7H,3-6H2,1-2H3. The monoisotopic (exact) mass is 143 g/mol. The molecule has 0 N–H and O–H groups in total. The molecule has 1 radical (unpaired) electrons. The minimum Gasteiger partial charge on any atom is -0.458 e. The number of unbranched alkanes of at least 4 members (excludes halogenated alkanes) is 2. The lowest BCUT2D eigenvalue weighted by Gasteiger charge is -1.99. The molecule has 0 aromatic heterocycles. The molecule has 0 saturated heterocycles. The van der Waals surface area contributed by atoms with Crippen LogP contribution in [0.4, 0.5) is 0 Å². The van der Waals surface area contributed by atoms with Gasteiger partial charge in [0.15, 0.2) is 0 Å². The summed E-state index contributed by atoms with van der Waals surface area (Å²) in [6.07, 6.45) is 3.57. The van der Waals surface area contributed by atoms with Crippen LogP contribution in [0.25, 0.3) is 0 Å². The average Bonchev–Trinajstić information content (AvgIpc) is 1.98. The maximum atomic E-state index is 10.5. The Kier molecular flexibility index (Phi) is 6.24. The van der Waals surface area contributed by atoms with E-state index in [9.17, 15) is 4.79 Å². The second kappa shape index (κ2) is 6.59. The van der Waals surface area contributed by atoms with E-state index in [4.69, 9.17) is 4.74 Å². The first-order valence-corrected chi connectivity index (χ1v) is 3.82. The van der Waals surface area contributed by atoms with Crippen LogP contribution in [0.3, 0.4) is 0 Å². The van der Waals surface area contributed by atoms with Gasteiger partial charge in [-0.2, -0.15) is 0 Å². The summed E-state index contributed by atoms with van der Waals surface area (Å²) in [5.74, 6) is -0.142. The van der Waals surface area contributed by atoms with Gasteiger partial charge in [0.1, 0.15) is 6.61 Å². The zero-order valence-corrected chi connectivity index (χ0v) is 6.72. The summed E-state index contributed by atoms with van der Waals surface area (Å²) in [5, 5.41) is 0. The van der Waals surface area contributed by atoms with E-state index in [0.717, 1.165) is 19.3 Å². The van der Waals surface area contributed by atoms with E-state index in [-0.39, 0.29) is 5.97 Å². The minimum absolute atomic E-state index is 0.142. The van der Waals surface area contributed by atoms with E-state index < -0.39 is 0 Å². The van der Waals surface area contributed by atoms with Gasteiger partial charge < -0.3 is 4.74 Å². The Hall–Kier alpha value is -0.530. The number of rotatable bonds is 5. The van der Waals surface area contributed by atoms with Crippen LogP contribution in [-0.2, 0) is 9.53 Å². The second-order valence-corrected chi connectivity index (χ2v) is 2.15. The number of ether oxygens (including phenoxy) is 1. The zero-order valence-electron chi connectivity index (χ0n) is 6.72. The first kappa shape index (κ1) is 9.47. The predicted octanol–water partition coefficient (Wildman–Crippen LogP) is 2.29. The number of hydrogen-bond acceptors (Lipinski definition) is 2. The quantitative estimate of drug-likeness (QED) is 0.436. The van der Waals surface area contributed by atoms with Crippen molar-refractivity contribution in [2.45, 2.75) is 39.5 Å². The number of carbonyl (C=O) groups excluding carboxylic acids is 1. The maximum Gasteiger partial charge on any atom is 0.305 e. The van der Waals surface area contributed by atoms with Gasteiger partial charge in [-0.15, -0.1) is 0 Å². The van der Waals surface area contributed by atoms with Gasteiger partial charge in [-0.25, -0.2) is 0 Å². The Morgan fingerprint density at radius 2 is 2.20 bits per heavy atom. The van der Waals surface area contributed by atoms with Gasteiger partial charge in [-0.05, 0) is 12.8 Å². The molecule has 0 heterocycles. The van der Waals surface area contributed by atoms with Crippen molar-refractivity contribution in [3.8, 4) is 0 Å². The molecule has 0 aliphatic carbocycles. The van der Waals surface area contributed by atoms with Gasteiger partial charge in [0.2, 0.25) is 0 Å². The number of esters is 1. The molecule has 0 saturated carbocycles. The second-order valence-electron chi connectivity index (χ2n) is 2.15. The molecule has 2 nitrogen and oxygen atoms in total. The summed E-state index contributed by atoms with van der Waals surface area (Å²) >= 11 is 0. The first-order chi connectivity index (χ1) is 4.81. The molecule has 0 aromatic carbocycles. The molecule has 59 valence electrons. The third kappa shape index (κ3) is 5.60. The van der Waals surface area contributed by atoms with E-state index in [0.29, 0.717) is 6.42 Å². The van der Waals surface area contributed by atoms with Crippen LogP contribution in [0.1, 0.15) is 39.5 Å². The van der Waals surface area contributed by atoms with Crippen molar-refractivity contribution in [2.24, 2.45) is 0 Å². The van der Waals surface area contributed by atoms with E-state index in [1.165, 1.54) is 0 Å². The molecule has 0 aliphatic heterocycles. The smallest absolute Gasteiger partial charge is 0.305 e. The SMILES string of the molecule is CCCC[CH]OC(=O)CC. The first-order valence-electron chi connectivity index (χ1n) is 3.82. The molecule has 0 spiro atoms. The Morgan fingerprint density at radius 1 is 1.50 bits per heavy atom. The fraction of sp³-hybridized carbons (Fsp3) is 0.750. The van der Waals surface area contributed by atoms with E-state index >= 15 is 0 Å². The zero-order chi connectivity index (χ0) is 7.82. The Balaban J connectivity index is 2.96. The van der Waals surface area contributed by atoms with Crippen molar-refractivity contribution in [1.29, 1.82) is 0 Å². The van der Waals surface area contributed by atoms with Crippen LogP contribution in [-0.4, -0.2) is 5.97 Å². The fourth-order valence-corrected chi connectivity index (χ4v) is 0.523. The molecule has 0 fully saturated rings. The molecule has 0 unspecified atom stereocenters. The van der Waals surface area contributed by atoms with Gasteiger partial charge >= 0.3 is 5.97 Å². The summed E-state index contributed by atoms with van der Waals surface area (Å²) in [6.45, 7) is 5.49. The molecule has 0 aliphatic rings. The lowest BCUT2D eigenvalue weighted by molar-refractivity contribution is -0.139. The molecule has 10 heavy (non-hydrogen) atoms. The third-order valence-electron chi connectivity index (χ3n) is 1.18. The molecular formula is C8H15O2. The lowest BCUT2D eigenvalue weighted by atomic mass is 10.3. The molecular weight excluding hydrogens is 128 g/mol. The van der Waals surface area contributed by atoms with E-state index in [1.807, 2.05) is 0 Å². The summed E-state index contributed by atoms with van der Waals surface area (Å²) < 4.78 is 4.73. The van der Waals surface area contributed by atoms with Gasteiger partial charge in [0.25, 0.3) is 0 Å². The van der Waals surface area contributed by atoms with E-state index in [1.54, 1.807) is 13.5 Å². The van der Waals surface area contributed by atoms with Crippen LogP contribution in [0.5, 0.6) is 0 Å². The molecule has 0 rings (SSSR count). The molecule has 0 amide bonds. The molecule has 2 heteroatoms. The normalized spacial score (nSPS) is 9.40. The molecule has 0 bridgehead atoms. The van der Waals surface area contributed by atoms with Crippen LogP contribution in [0, 0.1) is 6.61 Å². The third-order valence-corrected chi connectivity index (χ3v) is 1.18. The van der Waals surface area contributed by atoms with Crippen molar-refractivity contribution < 1.29 is 9.53 Å². The maximum absolute atomic E-state index is 10.5. The predicted molar refractivity (Wildman–Crippen MR) is 40.2 cm³/mol. The molecule has 0 aromatic rings. The number of hydrogen-bond donors (Lipinski definition) is 0. The van der Waals surface area contributed by atoms with Crippen LogP contribution in [0.2, 0.25) is 0 Å². The van der Waals surface area contributed by atoms with Crippen molar-refractivity contribution in [2.75, 3.05) is 0 Å². The van der Waals surface area contributed by atoms with Crippen molar-refractivity contribution in [1.82, 2.24) is 0 Å². The van der Waals surface area contributed by atoms with Crippen LogP contribution >= 0.6 is 0 Å². The van der Waals surface area contributed by atoms with Crippen molar-refractivity contribution >= 4 is 5.97 Å². The summed E-state index contributed by atoms with van der Waals surface area (Å²) in [4.78, 5) is 10.5. The Labute approximate surface area is 62.6 Å². The molecule has 0 atom stereocenters.